The Bertz CT molecular complexity index is 494. The maximum Gasteiger partial charge on any atom is 0.394 e. The number of benzene rings is 1. The standard InChI is InChI=1S/C17H29NO.H2O4S/c1-2-3-4-5-6-7-8-9-16-10-12-17(13-11-16)19-15-14-18;1-5(2,3)4/h10-13H,2-9,14-15,18H2,1H3;(H2,1,2,3,4). The predicted molar refractivity (Wildman–Crippen MR) is 96.9 cm³/mol. The molecule has 0 aromatic heterocycles. The van der Waals surface area contributed by atoms with Crippen LogP contribution >= 0.6 is 0 Å². The Kier molecular flexibility index (Phi) is 13.5. The number of nitrogens with two attached hydrogens (primary N) is 1. The van der Waals surface area contributed by atoms with Crippen molar-refractivity contribution < 1.29 is 22.3 Å². The fraction of sp³-hybridized carbons (Fsp3) is 0.647. The van der Waals surface area contributed by atoms with Crippen LogP contribution in [0.15, 0.2) is 24.3 Å². The highest BCUT2D eigenvalue weighted by Crippen LogP contribution is 2.15. The number of hydrogen-bond donors (Lipinski definition) is 3. The number of hydrogen-bond acceptors (Lipinski definition) is 4. The van der Waals surface area contributed by atoms with E-state index in [4.69, 9.17) is 28.0 Å². The van der Waals surface area contributed by atoms with Gasteiger partial charge in [-0.2, -0.15) is 8.42 Å². The van der Waals surface area contributed by atoms with Crippen LogP contribution in [0.1, 0.15) is 57.4 Å². The van der Waals surface area contributed by atoms with E-state index in [1.807, 2.05) is 12.1 Å². The normalized spacial score (nSPS) is 10.8. The van der Waals surface area contributed by atoms with E-state index >= 15 is 0 Å². The summed E-state index contributed by atoms with van der Waals surface area (Å²) >= 11 is 0. The Hall–Kier alpha value is -1.15. The molecule has 0 aliphatic rings. The van der Waals surface area contributed by atoms with E-state index in [1.54, 1.807) is 0 Å². The summed E-state index contributed by atoms with van der Waals surface area (Å²) in [6.45, 7) is 3.43. The molecule has 4 N–H and O–H groups in total. The van der Waals surface area contributed by atoms with Gasteiger partial charge in [-0.25, -0.2) is 0 Å². The summed E-state index contributed by atoms with van der Waals surface area (Å²) in [5.41, 5.74) is 6.82. The topological polar surface area (TPSA) is 110 Å². The van der Waals surface area contributed by atoms with Crippen molar-refractivity contribution in [3.63, 3.8) is 0 Å². The third kappa shape index (κ3) is 17.2. The first-order chi connectivity index (χ1) is 11.4. The Morgan fingerprint density at radius 2 is 1.46 bits per heavy atom. The molecule has 0 unspecified atom stereocenters. The molecule has 0 aliphatic heterocycles. The van der Waals surface area contributed by atoms with Crippen LogP contribution in [0.2, 0.25) is 0 Å². The number of rotatable bonds is 11. The van der Waals surface area contributed by atoms with Crippen LogP contribution in [-0.4, -0.2) is 30.7 Å². The molecular formula is C17H31NO5S. The Labute approximate surface area is 146 Å². The molecule has 0 amide bonds. The van der Waals surface area contributed by atoms with Gasteiger partial charge in [0.15, 0.2) is 0 Å². The molecule has 0 saturated heterocycles. The smallest absolute Gasteiger partial charge is 0.394 e. The van der Waals surface area contributed by atoms with Gasteiger partial charge < -0.3 is 10.5 Å². The van der Waals surface area contributed by atoms with Crippen molar-refractivity contribution in [3.05, 3.63) is 29.8 Å². The average Bonchev–Trinajstić information content (AvgIpc) is 2.51. The molecule has 0 saturated carbocycles. The van der Waals surface area contributed by atoms with Gasteiger partial charge >= 0.3 is 10.4 Å². The molecule has 1 aromatic carbocycles. The average molecular weight is 362 g/mol. The Balaban J connectivity index is 0.000000922. The summed E-state index contributed by atoms with van der Waals surface area (Å²) in [6.07, 6.45) is 10.8. The molecule has 140 valence electrons. The van der Waals surface area contributed by atoms with Crippen LogP contribution in [0.4, 0.5) is 0 Å². The minimum Gasteiger partial charge on any atom is -0.492 e. The second-order valence-corrected chi connectivity index (χ2v) is 6.50. The number of aryl methyl sites for hydroxylation is 1. The first kappa shape index (κ1) is 22.9. The van der Waals surface area contributed by atoms with Crippen molar-refractivity contribution in [2.75, 3.05) is 13.2 Å². The SMILES string of the molecule is CCCCCCCCCc1ccc(OCCN)cc1.O=S(=O)(O)O. The van der Waals surface area contributed by atoms with Gasteiger partial charge in [0.25, 0.3) is 0 Å². The zero-order chi connectivity index (χ0) is 18.3. The Morgan fingerprint density at radius 1 is 0.958 bits per heavy atom. The third-order valence-corrected chi connectivity index (χ3v) is 3.38. The fourth-order valence-corrected chi connectivity index (χ4v) is 2.22. The molecule has 0 atom stereocenters. The quantitative estimate of drug-likeness (QED) is 0.410. The molecule has 0 aliphatic carbocycles. The summed E-state index contributed by atoms with van der Waals surface area (Å²) in [7, 11) is -4.67. The lowest BCUT2D eigenvalue weighted by molar-refractivity contribution is 0.328. The van der Waals surface area contributed by atoms with Gasteiger partial charge in [-0.15, -0.1) is 0 Å². The molecule has 7 heteroatoms. The van der Waals surface area contributed by atoms with Crippen LogP contribution < -0.4 is 10.5 Å². The second-order valence-electron chi connectivity index (χ2n) is 5.60. The first-order valence-corrected chi connectivity index (χ1v) is 9.88. The molecule has 0 heterocycles. The van der Waals surface area contributed by atoms with Crippen molar-refractivity contribution in [2.24, 2.45) is 5.73 Å². The van der Waals surface area contributed by atoms with Crippen LogP contribution in [0.3, 0.4) is 0 Å². The molecule has 1 aromatic rings. The van der Waals surface area contributed by atoms with Gasteiger partial charge in [0.1, 0.15) is 12.4 Å². The van der Waals surface area contributed by atoms with E-state index in [-0.39, 0.29) is 0 Å². The minimum atomic E-state index is -4.67. The van der Waals surface area contributed by atoms with E-state index in [9.17, 15) is 0 Å². The highest BCUT2D eigenvalue weighted by atomic mass is 32.3. The third-order valence-electron chi connectivity index (χ3n) is 3.38. The molecule has 0 spiro atoms. The van der Waals surface area contributed by atoms with Crippen LogP contribution in [-0.2, 0) is 16.8 Å². The van der Waals surface area contributed by atoms with E-state index in [0.29, 0.717) is 13.2 Å². The van der Waals surface area contributed by atoms with Gasteiger partial charge in [-0.05, 0) is 30.5 Å². The van der Waals surface area contributed by atoms with Gasteiger partial charge in [0.2, 0.25) is 0 Å². The molecule has 0 bridgehead atoms. The highest BCUT2D eigenvalue weighted by molar-refractivity contribution is 7.79. The van der Waals surface area contributed by atoms with Crippen molar-refractivity contribution in [2.45, 2.75) is 58.3 Å². The predicted octanol–water partition coefficient (Wildman–Crippen LogP) is 3.66. The maximum absolute atomic E-state index is 8.74. The van der Waals surface area contributed by atoms with Gasteiger partial charge in [0.05, 0.1) is 0 Å². The minimum absolute atomic E-state index is 0.569. The van der Waals surface area contributed by atoms with E-state index in [0.717, 1.165) is 5.75 Å². The van der Waals surface area contributed by atoms with Crippen molar-refractivity contribution in [1.29, 1.82) is 0 Å². The summed E-state index contributed by atoms with van der Waals surface area (Å²) in [4.78, 5) is 0. The zero-order valence-electron chi connectivity index (χ0n) is 14.5. The largest absolute Gasteiger partial charge is 0.492 e. The molecule has 0 fully saturated rings. The van der Waals surface area contributed by atoms with Gasteiger partial charge in [-0.1, -0.05) is 57.6 Å². The second kappa shape index (κ2) is 14.2. The van der Waals surface area contributed by atoms with E-state index in [1.165, 1.54) is 56.9 Å². The van der Waals surface area contributed by atoms with Gasteiger partial charge in [0, 0.05) is 6.54 Å². The summed E-state index contributed by atoms with van der Waals surface area (Å²) in [5.74, 6) is 0.925. The molecule has 0 radical (unpaired) electrons. The summed E-state index contributed by atoms with van der Waals surface area (Å²) in [6, 6.07) is 8.43. The lowest BCUT2D eigenvalue weighted by Gasteiger charge is -2.06. The van der Waals surface area contributed by atoms with Crippen LogP contribution in [0.25, 0.3) is 0 Å². The molecule has 24 heavy (non-hydrogen) atoms. The van der Waals surface area contributed by atoms with Crippen molar-refractivity contribution in [3.8, 4) is 5.75 Å². The van der Waals surface area contributed by atoms with Gasteiger partial charge in [-0.3, -0.25) is 9.11 Å². The van der Waals surface area contributed by atoms with Crippen LogP contribution in [0.5, 0.6) is 5.75 Å². The monoisotopic (exact) mass is 361 g/mol. The molecule has 6 nitrogen and oxygen atoms in total. The van der Waals surface area contributed by atoms with E-state index in [2.05, 4.69) is 19.1 Å². The maximum atomic E-state index is 8.74. The first-order valence-electron chi connectivity index (χ1n) is 8.48. The lowest BCUT2D eigenvalue weighted by atomic mass is 10.0. The van der Waals surface area contributed by atoms with Crippen molar-refractivity contribution >= 4 is 10.4 Å². The van der Waals surface area contributed by atoms with E-state index < -0.39 is 10.4 Å². The van der Waals surface area contributed by atoms with Crippen molar-refractivity contribution in [1.82, 2.24) is 0 Å². The number of unbranched alkanes of at least 4 members (excludes halogenated alkanes) is 6. The van der Waals surface area contributed by atoms with Crippen LogP contribution in [0, 0.1) is 0 Å². The lowest BCUT2D eigenvalue weighted by Crippen LogP contribution is -2.10. The zero-order valence-corrected chi connectivity index (χ0v) is 15.3. The summed E-state index contributed by atoms with van der Waals surface area (Å²) < 4.78 is 37.0. The number of ether oxygens (including phenoxy) is 1. The molecule has 1 rings (SSSR count). The summed E-state index contributed by atoms with van der Waals surface area (Å²) in [5, 5.41) is 0. The highest BCUT2D eigenvalue weighted by Gasteiger charge is 1.96. The fourth-order valence-electron chi connectivity index (χ4n) is 2.22. The molecular weight excluding hydrogens is 330 g/mol. The Morgan fingerprint density at radius 3 is 1.96 bits per heavy atom.